The predicted octanol–water partition coefficient (Wildman–Crippen LogP) is 3.86. The molecular formula is C15H29NO. The molecule has 0 N–H and O–H groups in total. The van der Waals surface area contributed by atoms with Gasteiger partial charge in [0.1, 0.15) is 0 Å². The molecule has 4 atom stereocenters. The quantitative estimate of drug-likeness (QED) is 0.741. The van der Waals surface area contributed by atoms with Crippen LogP contribution < -0.4 is 0 Å². The molecule has 1 saturated heterocycles. The summed E-state index contributed by atoms with van der Waals surface area (Å²) in [6.07, 6.45) is 5.40. The van der Waals surface area contributed by atoms with Gasteiger partial charge < -0.3 is 0 Å². The molecule has 2 nitrogen and oxygen atoms in total. The summed E-state index contributed by atoms with van der Waals surface area (Å²) in [7, 11) is 0. The summed E-state index contributed by atoms with van der Waals surface area (Å²) in [4.78, 5) is 6.20. The van der Waals surface area contributed by atoms with E-state index in [1.165, 1.54) is 25.7 Å². The fraction of sp³-hybridized carbons (Fsp3) is 1.00. The van der Waals surface area contributed by atoms with Gasteiger partial charge in [-0.25, -0.2) is 0 Å². The van der Waals surface area contributed by atoms with Crippen LogP contribution in [0.25, 0.3) is 0 Å². The van der Waals surface area contributed by atoms with E-state index in [0.29, 0.717) is 6.04 Å². The van der Waals surface area contributed by atoms with Gasteiger partial charge in [0.05, 0.1) is 5.60 Å². The van der Waals surface area contributed by atoms with Gasteiger partial charge >= 0.3 is 0 Å². The van der Waals surface area contributed by atoms with Crippen LogP contribution in [-0.4, -0.2) is 23.3 Å². The first-order valence-electron chi connectivity index (χ1n) is 7.49. The summed E-state index contributed by atoms with van der Waals surface area (Å²) in [5.74, 6) is 2.48. The second-order valence-electron chi connectivity index (χ2n) is 6.44. The monoisotopic (exact) mass is 239 g/mol. The van der Waals surface area contributed by atoms with E-state index < -0.39 is 0 Å². The van der Waals surface area contributed by atoms with Crippen molar-refractivity contribution in [3.8, 4) is 0 Å². The van der Waals surface area contributed by atoms with Crippen molar-refractivity contribution in [1.29, 1.82) is 0 Å². The van der Waals surface area contributed by atoms with Crippen molar-refractivity contribution in [3.05, 3.63) is 0 Å². The average Bonchev–Trinajstić information content (AvgIpc) is 2.60. The fourth-order valence-corrected chi connectivity index (χ4v) is 4.07. The molecular weight excluding hydrogens is 210 g/mol. The van der Waals surface area contributed by atoms with E-state index in [0.717, 1.165) is 24.3 Å². The van der Waals surface area contributed by atoms with E-state index in [4.69, 9.17) is 4.84 Å². The highest BCUT2D eigenvalue weighted by molar-refractivity contribution is 5.00. The normalized spacial score (nSPS) is 41.5. The van der Waals surface area contributed by atoms with E-state index in [1.54, 1.807) is 0 Å². The van der Waals surface area contributed by atoms with Crippen molar-refractivity contribution in [1.82, 2.24) is 5.06 Å². The van der Waals surface area contributed by atoms with Gasteiger partial charge in [-0.1, -0.05) is 33.6 Å². The lowest BCUT2D eigenvalue weighted by molar-refractivity contribution is -0.196. The first-order valence-corrected chi connectivity index (χ1v) is 7.49. The SMILES string of the molecule is CCC1CC(CC)C2C(C1)C(C)(C)ON2CC. The topological polar surface area (TPSA) is 12.5 Å². The van der Waals surface area contributed by atoms with E-state index in [9.17, 15) is 0 Å². The van der Waals surface area contributed by atoms with Crippen LogP contribution in [-0.2, 0) is 4.84 Å². The standard InChI is InChI=1S/C15H29NO/c1-6-11-9-12(7-2)14-13(10-11)15(4,5)17-16(14)8-3/h11-14H,6-10H2,1-5H3. The first-order chi connectivity index (χ1) is 8.03. The Morgan fingerprint density at radius 3 is 2.35 bits per heavy atom. The van der Waals surface area contributed by atoms with Crippen LogP contribution in [0, 0.1) is 17.8 Å². The van der Waals surface area contributed by atoms with Crippen LogP contribution in [0.4, 0.5) is 0 Å². The van der Waals surface area contributed by atoms with Gasteiger partial charge in [-0.3, -0.25) is 4.84 Å². The minimum absolute atomic E-state index is 0.0436. The molecule has 2 aliphatic rings. The molecule has 4 unspecified atom stereocenters. The molecule has 1 aliphatic carbocycles. The molecule has 100 valence electrons. The van der Waals surface area contributed by atoms with Gasteiger partial charge in [-0.05, 0) is 38.5 Å². The van der Waals surface area contributed by atoms with E-state index in [1.807, 2.05) is 0 Å². The summed E-state index contributed by atoms with van der Waals surface area (Å²) in [6.45, 7) is 12.5. The van der Waals surface area contributed by atoms with E-state index in [2.05, 4.69) is 39.7 Å². The minimum atomic E-state index is 0.0436. The third kappa shape index (κ3) is 2.26. The molecule has 0 aromatic heterocycles. The molecule has 0 aromatic carbocycles. The number of hydroxylamine groups is 2. The summed E-state index contributed by atoms with van der Waals surface area (Å²) in [5.41, 5.74) is 0.0436. The molecule has 2 fully saturated rings. The summed E-state index contributed by atoms with van der Waals surface area (Å²) >= 11 is 0. The maximum absolute atomic E-state index is 6.20. The molecule has 17 heavy (non-hydrogen) atoms. The van der Waals surface area contributed by atoms with Crippen LogP contribution in [0.5, 0.6) is 0 Å². The number of nitrogens with zero attached hydrogens (tertiary/aromatic N) is 1. The highest BCUT2D eigenvalue weighted by Gasteiger charge is 2.53. The predicted molar refractivity (Wildman–Crippen MR) is 71.6 cm³/mol. The molecule has 2 heteroatoms. The maximum Gasteiger partial charge on any atom is 0.0887 e. The molecule has 1 aliphatic heterocycles. The maximum atomic E-state index is 6.20. The fourth-order valence-electron chi connectivity index (χ4n) is 4.07. The third-order valence-electron chi connectivity index (χ3n) is 5.11. The Hall–Kier alpha value is -0.0800. The van der Waals surface area contributed by atoms with Gasteiger partial charge in [0.25, 0.3) is 0 Å². The average molecular weight is 239 g/mol. The molecule has 1 heterocycles. The molecule has 0 bridgehead atoms. The molecule has 0 aromatic rings. The van der Waals surface area contributed by atoms with Gasteiger partial charge in [-0.15, -0.1) is 0 Å². The number of rotatable bonds is 3. The van der Waals surface area contributed by atoms with Crippen molar-refractivity contribution in [2.75, 3.05) is 6.54 Å². The Labute approximate surface area is 107 Å². The van der Waals surface area contributed by atoms with Crippen molar-refractivity contribution < 1.29 is 4.84 Å². The lowest BCUT2D eigenvalue weighted by Gasteiger charge is -2.41. The molecule has 2 rings (SSSR count). The van der Waals surface area contributed by atoms with Gasteiger partial charge in [0.2, 0.25) is 0 Å². The highest BCUT2D eigenvalue weighted by Crippen LogP contribution is 2.49. The Bertz CT molecular complexity index is 264. The van der Waals surface area contributed by atoms with Crippen LogP contribution in [0.2, 0.25) is 0 Å². The van der Waals surface area contributed by atoms with Crippen LogP contribution in [0.15, 0.2) is 0 Å². The first kappa shape index (κ1) is 13.4. The van der Waals surface area contributed by atoms with Crippen LogP contribution in [0.3, 0.4) is 0 Å². The zero-order valence-electron chi connectivity index (χ0n) is 12.2. The Morgan fingerprint density at radius 1 is 1.12 bits per heavy atom. The molecule has 0 spiro atoms. The Morgan fingerprint density at radius 2 is 1.82 bits per heavy atom. The second-order valence-corrected chi connectivity index (χ2v) is 6.44. The van der Waals surface area contributed by atoms with Crippen LogP contribution in [0.1, 0.15) is 60.3 Å². The summed E-state index contributed by atoms with van der Waals surface area (Å²) in [6, 6.07) is 0.669. The number of hydrogen-bond donors (Lipinski definition) is 0. The van der Waals surface area contributed by atoms with Crippen molar-refractivity contribution in [2.24, 2.45) is 17.8 Å². The Balaban J connectivity index is 2.22. The van der Waals surface area contributed by atoms with Gasteiger partial charge in [-0.2, -0.15) is 5.06 Å². The zero-order valence-corrected chi connectivity index (χ0v) is 12.2. The van der Waals surface area contributed by atoms with Gasteiger partial charge in [0.15, 0.2) is 0 Å². The second kappa shape index (κ2) is 4.89. The van der Waals surface area contributed by atoms with Crippen LogP contribution >= 0.6 is 0 Å². The zero-order chi connectivity index (χ0) is 12.6. The number of fused-ring (bicyclic) bond motifs is 1. The lowest BCUT2D eigenvalue weighted by Crippen LogP contribution is -2.45. The molecule has 1 saturated carbocycles. The Kier molecular flexibility index (Phi) is 3.84. The highest BCUT2D eigenvalue weighted by atomic mass is 16.7. The van der Waals surface area contributed by atoms with Crippen molar-refractivity contribution >= 4 is 0 Å². The molecule has 0 amide bonds. The third-order valence-corrected chi connectivity index (χ3v) is 5.11. The summed E-state index contributed by atoms with van der Waals surface area (Å²) < 4.78 is 0. The lowest BCUT2D eigenvalue weighted by atomic mass is 9.66. The largest absolute Gasteiger partial charge is 0.292 e. The minimum Gasteiger partial charge on any atom is -0.292 e. The van der Waals surface area contributed by atoms with Crippen molar-refractivity contribution in [2.45, 2.75) is 71.9 Å². The van der Waals surface area contributed by atoms with E-state index in [-0.39, 0.29) is 5.60 Å². The summed E-state index contributed by atoms with van der Waals surface area (Å²) in [5, 5.41) is 2.28. The van der Waals surface area contributed by atoms with Gasteiger partial charge in [0, 0.05) is 18.5 Å². The number of hydrogen-bond acceptors (Lipinski definition) is 2. The van der Waals surface area contributed by atoms with E-state index >= 15 is 0 Å². The smallest absolute Gasteiger partial charge is 0.0887 e. The van der Waals surface area contributed by atoms with Crippen molar-refractivity contribution in [3.63, 3.8) is 0 Å². The molecule has 0 radical (unpaired) electrons.